The molecule has 0 fully saturated rings. The molecule has 3 rings (SSSR count). The first-order valence-electron chi connectivity index (χ1n) is 8.94. The lowest BCUT2D eigenvalue weighted by atomic mass is 9.98. The first-order chi connectivity index (χ1) is 12.9. The number of aliphatic carboxylic acids is 1. The number of hydrogen-bond acceptors (Lipinski definition) is 3. The van der Waals surface area contributed by atoms with Crippen LogP contribution in [0.3, 0.4) is 0 Å². The van der Waals surface area contributed by atoms with E-state index < -0.39 is 12.0 Å². The van der Waals surface area contributed by atoms with Crippen molar-refractivity contribution in [3.05, 3.63) is 65.4 Å². The maximum Gasteiger partial charge on any atom is 0.305 e. The van der Waals surface area contributed by atoms with Gasteiger partial charge in [-0.25, -0.2) is 0 Å². The van der Waals surface area contributed by atoms with Gasteiger partial charge in [-0.1, -0.05) is 42.5 Å². The molecule has 2 N–H and O–H groups in total. The van der Waals surface area contributed by atoms with Crippen molar-refractivity contribution in [3.8, 4) is 0 Å². The van der Waals surface area contributed by atoms with Crippen LogP contribution in [0, 0.1) is 6.92 Å². The highest BCUT2D eigenvalue weighted by Gasteiger charge is 2.24. The van der Waals surface area contributed by atoms with Gasteiger partial charge in [0.25, 0.3) is 5.91 Å². The quantitative estimate of drug-likeness (QED) is 0.694. The molecule has 0 radical (unpaired) electrons. The molecule has 0 aliphatic carbocycles. The van der Waals surface area contributed by atoms with Crippen molar-refractivity contribution in [1.29, 1.82) is 0 Å². The Morgan fingerprint density at radius 2 is 1.78 bits per heavy atom. The Kier molecular flexibility index (Phi) is 5.26. The summed E-state index contributed by atoms with van der Waals surface area (Å²) in [6.45, 7) is 5.91. The minimum absolute atomic E-state index is 0.0997. The largest absolute Gasteiger partial charge is 0.481 e. The van der Waals surface area contributed by atoms with Crippen LogP contribution in [0.1, 0.15) is 54.0 Å². The predicted octanol–water partition coefficient (Wildman–Crippen LogP) is 3.87. The molecule has 3 aromatic rings. The zero-order valence-electron chi connectivity index (χ0n) is 15.6. The van der Waals surface area contributed by atoms with E-state index in [0.717, 1.165) is 22.0 Å². The Hall–Kier alpha value is -3.15. The molecule has 0 spiro atoms. The molecule has 1 aromatic heterocycles. The first-order valence-corrected chi connectivity index (χ1v) is 8.94. The lowest BCUT2D eigenvalue weighted by molar-refractivity contribution is -0.137. The normalized spacial score (nSPS) is 12.3. The number of amides is 1. The fourth-order valence-corrected chi connectivity index (χ4v) is 3.27. The van der Waals surface area contributed by atoms with Crippen LogP contribution in [0.25, 0.3) is 10.9 Å². The highest BCUT2D eigenvalue weighted by molar-refractivity contribution is 6.05. The second kappa shape index (κ2) is 7.61. The molecule has 140 valence electrons. The SMILES string of the molecule is Cc1ccccc1[C@H](CC(=O)O)NC(=O)c1nn(C(C)C)c2ccccc12. The summed E-state index contributed by atoms with van der Waals surface area (Å²) < 4.78 is 1.81. The van der Waals surface area contributed by atoms with Crippen LogP contribution < -0.4 is 5.32 Å². The first kappa shape index (κ1) is 18.6. The molecule has 0 unspecified atom stereocenters. The monoisotopic (exact) mass is 365 g/mol. The van der Waals surface area contributed by atoms with Gasteiger partial charge in [-0.2, -0.15) is 5.10 Å². The van der Waals surface area contributed by atoms with Crippen molar-refractivity contribution >= 4 is 22.8 Å². The van der Waals surface area contributed by atoms with E-state index in [1.54, 1.807) is 0 Å². The number of para-hydroxylation sites is 1. The summed E-state index contributed by atoms with van der Waals surface area (Å²) in [5, 5.41) is 17.4. The number of nitrogens with zero attached hydrogens (tertiary/aromatic N) is 2. The van der Waals surface area contributed by atoms with Crippen LogP contribution in [0.2, 0.25) is 0 Å². The fourth-order valence-electron chi connectivity index (χ4n) is 3.27. The number of aromatic nitrogens is 2. The topological polar surface area (TPSA) is 84.2 Å². The summed E-state index contributed by atoms with van der Waals surface area (Å²) in [5.74, 6) is -1.35. The minimum atomic E-state index is -0.971. The van der Waals surface area contributed by atoms with Gasteiger partial charge in [0.2, 0.25) is 0 Å². The number of nitrogens with one attached hydrogen (secondary N) is 1. The van der Waals surface area contributed by atoms with Crippen LogP contribution in [0.15, 0.2) is 48.5 Å². The van der Waals surface area contributed by atoms with Crippen LogP contribution in [0.4, 0.5) is 0 Å². The van der Waals surface area contributed by atoms with Crippen LogP contribution >= 0.6 is 0 Å². The van der Waals surface area contributed by atoms with Gasteiger partial charge in [0.05, 0.1) is 18.0 Å². The number of aryl methyl sites for hydroxylation is 1. The van der Waals surface area contributed by atoms with Crippen molar-refractivity contribution in [2.75, 3.05) is 0 Å². The molecule has 1 amide bonds. The molecule has 2 aromatic carbocycles. The van der Waals surface area contributed by atoms with E-state index in [9.17, 15) is 14.7 Å². The zero-order chi connectivity index (χ0) is 19.6. The Labute approximate surface area is 157 Å². The third-order valence-electron chi connectivity index (χ3n) is 4.57. The second-order valence-corrected chi connectivity index (χ2v) is 6.88. The van der Waals surface area contributed by atoms with E-state index in [-0.39, 0.29) is 18.4 Å². The van der Waals surface area contributed by atoms with Crippen molar-refractivity contribution in [1.82, 2.24) is 15.1 Å². The summed E-state index contributed by atoms with van der Waals surface area (Å²) in [5.41, 5.74) is 2.91. The molecule has 27 heavy (non-hydrogen) atoms. The Morgan fingerprint density at radius 1 is 1.11 bits per heavy atom. The van der Waals surface area contributed by atoms with E-state index >= 15 is 0 Å². The van der Waals surface area contributed by atoms with Crippen molar-refractivity contribution < 1.29 is 14.7 Å². The van der Waals surface area contributed by atoms with Crippen molar-refractivity contribution in [2.45, 2.75) is 39.3 Å². The smallest absolute Gasteiger partial charge is 0.305 e. The van der Waals surface area contributed by atoms with E-state index in [0.29, 0.717) is 5.69 Å². The number of carboxylic acids is 1. The summed E-state index contributed by atoms with van der Waals surface area (Å²) in [6.07, 6.45) is -0.195. The number of fused-ring (bicyclic) bond motifs is 1. The molecule has 1 atom stereocenters. The van der Waals surface area contributed by atoms with E-state index in [4.69, 9.17) is 0 Å². The Morgan fingerprint density at radius 3 is 2.44 bits per heavy atom. The van der Waals surface area contributed by atoms with Gasteiger partial charge in [-0.3, -0.25) is 14.3 Å². The number of carbonyl (C=O) groups excluding carboxylic acids is 1. The number of benzene rings is 2. The molecule has 0 aliphatic heterocycles. The molecular weight excluding hydrogens is 342 g/mol. The average molecular weight is 365 g/mol. The van der Waals surface area contributed by atoms with Gasteiger partial charge in [0, 0.05) is 11.4 Å². The molecule has 0 saturated heterocycles. The molecular formula is C21H23N3O3. The molecule has 6 heteroatoms. The number of hydrogen-bond donors (Lipinski definition) is 2. The summed E-state index contributed by atoms with van der Waals surface area (Å²) in [6, 6.07) is 14.5. The lowest BCUT2D eigenvalue weighted by Gasteiger charge is -2.19. The number of carbonyl (C=O) groups is 2. The van der Waals surface area contributed by atoms with Crippen LogP contribution in [0.5, 0.6) is 0 Å². The molecule has 0 saturated carbocycles. The van der Waals surface area contributed by atoms with Crippen molar-refractivity contribution in [2.24, 2.45) is 0 Å². The summed E-state index contributed by atoms with van der Waals surface area (Å²) in [7, 11) is 0. The summed E-state index contributed by atoms with van der Waals surface area (Å²) >= 11 is 0. The summed E-state index contributed by atoms with van der Waals surface area (Å²) in [4.78, 5) is 24.3. The standard InChI is InChI=1S/C21H23N3O3/c1-13(2)24-18-11-7-6-10-16(18)20(23-24)21(27)22-17(12-19(25)26)15-9-5-4-8-14(15)3/h4-11,13,17H,12H2,1-3H3,(H,22,27)(H,25,26)/t17-/m0/s1. The average Bonchev–Trinajstić information content (AvgIpc) is 3.01. The van der Waals surface area contributed by atoms with Gasteiger partial charge >= 0.3 is 5.97 Å². The maximum atomic E-state index is 13.0. The number of rotatable bonds is 6. The van der Waals surface area contributed by atoms with Crippen LogP contribution in [-0.2, 0) is 4.79 Å². The second-order valence-electron chi connectivity index (χ2n) is 6.88. The maximum absolute atomic E-state index is 13.0. The molecule has 1 heterocycles. The van der Waals surface area contributed by atoms with Gasteiger partial charge < -0.3 is 10.4 Å². The third kappa shape index (κ3) is 3.84. The number of carboxylic acid groups (broad SMARTS) is 1. The predicted molar refractivity (Wildman–Crippen MR) is 104 cm³/mol. The third-order valence-corrected chi connectivity index (χ3v) is 4.57. The lowest BCUT2D eigenvalue weighted by Crippen LogP contribution is -2.31. The van der Waals surface area contributed by atoms with Gasteiger partial charge in [-0.15, -0.1) is 0 Å². The van der Waals surface area contributed by atoms with E-state index in [1.165, 1.54) is 0 Å². The fraction of sp³-hybridized carbons (Fsp3) is 0.286. The van der Waals surface area contributed by atoms with Crippen LogP contribution in [-0.4, -0.2) is 26.8 Å². The molecule has 0 bridgehead atoms. The van der Waals surface area contributed by atoms with Crippen molar-refractivity contribution in [3.63, 3.8) is 0 Å². The minimum Gasteiger partial charge on any atom is -0.481 e. The van der Waals surface area contributed by atoms with E-state index in [1.807, 2.05) is 74.0 Å². The highest BCUT2D eigenvalue weighted by Crippen LogP contribution is 2.24. The highest BCUT2D eigenvalue weighted by atomic mass is 16.4. The Balaban J connectivity index is 1.98. The van der Waals surface area contributed by atoms with E-state index in [2.05, 4.69) is 10.4 Å². The van der Waals surface area contributed by atoms with Gasteiger partial charge in [0.1, 0.15) is 0 Å². The van der Waals surface area contributed by atoms with Gasteiger partial charge in [0.15, 0.2) is 5.69 Å². The Bertz CT molecular complexity index is 991. The molecule has 6 nitrogen and oxygen atoms in total. The molecule has 0 aliphatic rings. The van der Waals surface area contributed by atoms with Gasteiger partial charge in [-0.05, 0) is 38.0 Å². The zero-order valence-corrected chi connectivity index (χ0v) is 15.6.